The van der Waals surface area contributed by atoms with Crippen LogP contribution in [0.3, 0.4) is 0 Å². The highest BCUT2D eigenvalue weighted by Gasteiger charge is 2.21. The van der Waals surface area contributed by atoms with E-state index in [-0.39, 0.29) is 11.3 Å². The Kier molecular flexibility index (Phi) is 5.52. The van der Waals surface area contributed by atoms with E-state index in [0.29, 0.717) is 6.54 Å². The lowest BCUT2D eigenvalue weighted by molar-refractivity contribution is 0.0952. The van der Waals surface area contributed by atoms with Crippen LogP contribution >= 0.6 is 0 Å². The summed E-state index contributed by atoms with van der Waals surface area (Å²) < 4.78 is 41.1. The summed E-state index contributed by atoms with van der Waals surface area (Å²) in [5, 5.41) is 2.74. The van der Waals surface area contributed by atoms with Crippen molar-refractivity contribution in [1.82, 2.24) is 5.32 Å². The van der Waals surface area contributed by atoms with Crippen LogP contribution in [0.5, 0.6) is 0 Å². The highest BCUT2D eigenvalue weighted by molar-refractivity contribution is 7.92. The molecule has 0 aliphatic heterocycles. The van der Waals surface area contributed by atoms with Crippen molar-refractivity contribution in [3.63, 3.8) is 0 Å². The van der Waals surface area contributed by atoms with Crippen LogP contribution in [0.25, 0.3) is 0 Å². The van der Waals surface area contributed by atoms with E-state index in [1.165, 1.54) is 24.3 Å². The van der Waals surface area contributed by atoms with Crippen LogP contribution in [0, 0.1) is 5.82 Å². The van der Waals surface area contributed by atoms with Crippen molar-refractivity contribution in [2.24, 2.45) is 0 Å². The molecule has 0 fully saturated rings. The van der Waals surface area contributed by atoms with E-state index in [4.69, 9.17) is 0 Å². The van der Waals surface area contributed by atoms with Gasteiger partial charge in [0.1, 0.15) is 10.7 Å². The molecule has 5 nitrogen and oxygen atoms in total. The van der Waals surface area contributed by atoms with Gasteiger partial charge in [-0.2, -0.15) is 0 Å². The van der Waals surface area contributed by atoms with Gasteiger partial charge in [0.05, 0.1) is 11.3 Å². The summed E-state index contributed by atoms with van der Waals surface area (Å²) in [6.45, 7) is 0.300. The summed E-state index contributed by atoms with van der Waals surface area (Å²) in [4.78, 5) is 12.0. The molecule has 27 heavy (non-hydrogen) atoms. The maximum atomic E-state index is 13.9. The van der Waals surface area contributed by atoms with Crippen molar-refractivity contribution in [3.05, 3.63) is 95.8 Å². The van der Waals surface area contributed by atoms with Gasteiger partial charge in [0, 0.05) is 6.54 Å². The third kappa shape index (κ3) is 4.51. The Morgan fingerprint density at radius 1 is 0.852 bits per heavy atom. The Hall–Kier alpha value is -3.19. The number of rotatable bonds is 6. The zero-order valence-electron chi connectivity index (χ0n) is 14.2. The Bertz CT molecular complexity index is 1050. The number of amides is 1. The third-order valence-electron chi connectivity index (χ3n) is 3.84. The standard InChI is InChI=1S/C20H17FN2O3S/c21-17-11-5-7-13-19(17)27(25,26)23-18-12-6-4-10-16(18)20(24)22-14-15-8-2-1-3-9-15/h1-13,23H,14H2,(H,22,24). The summed E-state index contributed by atoms with van der Waals surface area (Å²) >= 11 is 0. The van der Waals surface area contributed by atoms with E-state index in [2.05, 4.69) is 10.0 Å². The molecule has 3 rings (SSSR count). The largest absolute Gasteiger partial charge is 0.348 e. The average molecular weight is 384 g/mol. The maximum Gasteiger partial charge on any atom is 0.264 e. The molecule has 1 amide bonds. The molecule has 0 bridgehead atoms. The first kappa shape index (κ1) is 18.6. The minimum absolute atomic E-state index is 0.0753. The monoisotopic (exact) mass is 384 g/mol. The number of anilines is 1. The summed E-state index contributed by atoms with van der Waals surface area (Å²) in [6, 6.07) is 20.5. The van der Waals surface area contributed by atoms with E-state index < -0.39 is 26.6 Å². The van der Waals surface area contributed by atoms with Gasteiger partial charge in [0.25, 0.3) is 15.9 Å². The highest BCUT2D eigenvalue weighted by Crippen LogP contribution is 2.21. The molecule has 138 valence electrons. The smallest absolute Gasteiger partial charge is 0.264 e. The lowest BCUT2D eigenvalue weighted by Crippen LogP contribution is -2.25. The Balaban J connectivity index is 1.81. The molecule has 0 aromatic heterocycles. The zero-order chi connectivity index (χ0) is 19.3. The minimum Gasteiger partial charge on any atom is -0.348 e. The van der Waals surface area contributed by atoms with Gasteiger partial charge >= 0.3 is 0 Å². The van der Waals surface area contributed by atoms with Gasteiger partial charge in [-0.05, 0) is 29.8 Å². The number of carbonyl (C=O) groups is 1. The van der Waals surface area contributed by atoms with Crippen LogP contribution in [-0.2, 0) is 16.6 Å². The second-order valence-corrected chi connectivity index (χ2v) is 7.40. The van der Waals surface area contributed by atoms with E-state index in [1.807, 2.05) is 30.3 Å². The molecule has 0 spiro atoms. The molecular weight excluding hydrogens is 367 g/mol. The molecule has 0 heterocycles. The van der Waals surface area contributed by atoms with Crippen LogP contribution in [0.1, 0.15) is 15.9 Å². The number of sulfonamides is 1. The van der Waals surface area contributed by atoms with Crippen molar-refractivity contribution >= 4 is 21.6 Å². The predicted molar refractivity (Wildman–Crippen MR) is 101 cm³/mol. The van der Waals surface area contributed by atoms with Gasteiger partial charge in [-0.15, -0.1) is 0 Å². The first-order valence-electron chi connectivity index (χ1n) is 8.16. The number of benzene rings is 3. The van der Waals surface area contributed by atoms with Crippen molar-refractivity contribution < 1.29 is 17.6 Å². The van der Waals surface area contributed by atoms with Crippen molar-refractivity contribution in [3.8, 4) is 0 Å². The molecule has 7 heteroatoms. The van der Waals surface area contributed by atoms with E-state index in [1.54, 1.807) is 12.1 Å². The second kappa shape index (κ2) is 8.01. The fourth-order valence-electron chi connectivity index (χ4n) is 2.51. The number of para-hydroxylation sites is 1. The fraction of sp³-hybridized carbons (Fsp3) is 0.0500. The molecule has 0 atom stereocenters. The van der Waals surface area contributed by atoms with Crippen LogP contribution in [0.15, 0.2) is 83.8 Å². The molecule has 0 radical (unpaired) electrons. The van der Waals surface area contributed by atoms with Gasteiger partial charge in [0.15, 0.2) is 0 Å². The molecule has 0 aliphatic carbocycles. The Labute approximate surface area is 156 Å². The van der Waals surface area contributed by atoms with Gasteiger partial charge < -0.3 is 5.32 Å². The van der Waals surface area contributed by atoms with Crippen molar-refractivity contribution in [2.75, 3.05) is 4.72 Å². The average Bonchev–Trinajstić information content (AvgIpc) is 2.67. The molecular formula is C20H17FN2O3S. The normalized spacial score (nSPS) is 11.0. The quantitative estimate of drug-likeness (QED) is 0.682. The minimum atomic E-state index is -4.17. The van der Waals surface area contributed by atoms with Crippen molar-refractivity contribution in [2.45, 2.75) is 11.4 Å². The molecule has 0 saturated carbocycles. The van der Waals surface area contributed by atoms with Gasteiger partial charge in [-0.25, -0.2) is 12.8 Å². The second-order valence-electron chi connectivity index (χ2n) is 5.75. The lowest BCUT2D eigenvalue weighted by Gasteiger charge is -2.13. The summed E-state index contributed by atoms with van der Waals surface area (Å²) in [5.41, 5.74) is 1.13. The van der Waals surface area contributed by atoms with E-state index in [9.17, 15) is 17.6 Å². The Morgan fingerprint density at radius 3 is 2.22 bits per heavy atom. The Morgan fingerprint density at radius 2 is 1.48 bits per heavy atom. The van der Waals surface area contributed by atoms with Gasteiger partial charge in [0.2, 0.25) is 0 Å². The predicted octanol–water partition coefficient (Wildman–Crippen LogP) is 3.56. The molecule has 0 saturated heterocycles. The number of hydrogen-bond acceptors (Lipinski definition) is 3. The van der Waals surface area contributed by atoms with Gasteiger partial charge in [-0.3, -0.25) is 9.52 Å². The van der Waals surface area contributed by atoms with Gasteiger partial charge in [-0.1, -0.05) is 54.6 Å². The van der Waals surface area contributed by atoms with Crippen molar-refractivity contribution in [1.29, 1.82) is 0 Å². The zero-order valence-corrected chi connectivity index (χ0v) is 15.0. The summed E-state index contributed by atoms with van der Waals surface area (Å²) in [5.74, 6) is -1.30. The fourth-order valence-corrected chi connectivity index (χ4v) is 3.67. The number of hydrogen-bond donors (Lipinski definition) is 2. The summed E-state index contributed by atoms with van der Waals surface area (Å²) in [7, 11) is -4.17. The topological polar surface area (TPSA) is 75.3 Å². The number of halogens is 1. The van der Waals surface area contributed by atoms with Crippen LogP contribution in [0.2, 0.25) is 0 Å². The molecule has 0 unspecified atom stereocenters. The molecule has 2 N–H and O–H groups in total. The molecule has 3 aromatic rings. The van der Waals surface area contributed by atoms with Crippen LogP contribution in [-0.4, -0.2) is 14.3 Å². The lowest BCUT2D eigenvalue weighted by atomic mass is 10.1. The number of carbonyl (C=O) groups excluding carboxylic acids is 1. The summed E-state index contributed by atoms with van der Waals surface area (Å²) in [6.07, 6.45) is 0. The first-order chi connectivity index (χ1) is 13.0. The van der Waals surface area contributed by atoms with E-state index in [0.717, 1.165) is 17.7 Å². The molecule has 0 aliphatic rings. The highest BCUT2D eigenvalue weighted by atomic mass is 32.2. The van der Waals surface area contributed by atoms with Crippen LogP contribution < -0.4 is 10.0 Å². The van der Waals surface area contributed by atoms with E-state index >= 15 is 0 Å². The molecule has 3 aromatic carbocycles. The number of nitrogens with one attached hydrogen (secondary N) is 2. The van der Waals surface area contributed by atoms with Crippen LogP contribution in [0.4, 0.5) is 10.1 Å². The third-order valence-corrected chi connectivity index (χ3v) is 5.24. The first-order valence-corrected chi connectivity index (χ1v) is 9.64. The SMILES string of the molecule is O=C(NCc1ccccc1)c1ccccc1NS(=O)(=O)c1ccccc1F. The maximum absolute atomic E-state index is 13.9.